The molecule has 1 saturated carbocycles. The number of nitrogens with two attached hydrogens (primary N) is 1. The Bertz CT molecular complexity index is 109. The zero-order valence-electron chi connectivity index (χ0n) is 7.30. The molecule has 1 aliphatic rings. The van der Waals surface area contributed by atoms with Gasteiger partial charge < -0.3 is 5.73 Å². The van der Waals surface area contributed by atoms with Gasteiger partial charge in [-0.3, -0.25) is 0 Å². The highest BCUT2D eigenvalue weighted by molar-refractivity contribution is 4.85. The van der Waals surface area contributed by atoms with Crippen LogP contribution in [0.4, 0.5) is 0 Å². The lowest BCUT2D eigenvalue weighted by atomic mass is 9.86. The summed E-state index contributed by atoms with van der Waals surface area (Å²) in [7, 11) is 0. The summed E-state index contributed by atoms with van der Waals surface area (Å²) in [5.41, 5.74) is 5.91. The first-order valence-electron chi connectivity index (χ1n) is 4.38. The van der Waals surface area contributed by atoms with Gasteiger partial charge in [0.05, 0.1) is 0 Å². The van der Waals surface area contributed by atoms with Crippen LogP contribution in [0.3, 0.4) is 0 Å². The van der Waals surface area contributed by atoms with Gasteiger partial charge in [-0.1, -0.05) is 20.8 Å². The van der Waals surface area contributed by atoms with Crippen molar-refractivity contribution in [3.05, 3.63) is 0 Å². The second-order valence-electron chi connectivity index (χ2n) is 4.01. The molecule has 1 rings (SSSR count). The molecule has 60 valence electrons. The summed E-state index contributed by atoms with van der Waals surface area (Å²) in [6.45, 7) is 6.90. The molecular formula is C9H19N. The Hall–Kier alpha value is -0.0400. The fraction of sp³-hybridized carbons (Fsp3) is 1.00. The van der Waals surface area contributed by atoms with E-state index in [1.165, 1.54) is 12.8 Å². The first-order valence-corrected chi connectivity index (χ1v) is 4.38. The quantitative estimate of drug-likeness (QED) is 0.594. The highest BCUT2D eigenvalue weighted by Crippen LogP contribution is 2.35. The lowest BCUT2D eigenvalue weighted by Gasteiger charge is -2.21. The molecule has 3 unspecified atom stereocenters. The van der Waals surface area contributed by atoms with E-state index in [-0.39, 0.29) is 0 Å². The number of hydrogen-bond acceptors (Lipinski definition) is 1. The Morgan fingerprint density at radius 3 is 2.10 bits per heavy atom. The molecule has 1 fully saturated rings. The first kappa shape index (κ1) is 8.06. The predicted octanol–water partition coefficient (Wildman–Crippen LogP) is 2.02. The van der Waals surface area contributed by atoms with E-state index in [2.05, 4.69) is 20.8 Å². The van der Waals surface area contributed by atoms with Gasteiger partial charge in [0.15, 0.2) is 0 Å². The van der Waals surface area contributed by atoms with Gasteiger partial charge in [-0.15, -0.1) is 0 Å². The summed E-state index contributed by atoms with van der Waals surface area (Å²) in [5.74, 6) is 2.46. The Morgan fingerprint density at radius 2 is 1.90 bits per heavy atom. The average Bonchev–Trinajstić information content (AvgIpc) is 2.14. The van der Waals surface area contributed by atoms with E-state index < -0.39 is 0 Å². The van der Waals surface area contributed by atoms with E-state index in [1.807, 2.05) is 0 Å². The maximum Gasteiger partial charge on any atom is 0.00673 e. The van der Waals surface area contributed by atoms with Crippen LogP contribution in [0.15, 0.2) is 0 Å². The Labute approximate surface area is 64.0 Å². The van der Waals surface area contributed by atoms with Gasteiger partial charge in [0.25, 0.3) is 0 Å². The van der Waals surface area contributed by atoms with Gasteiger partial charge in [0.1, 0.15) is 0 Å². The van der Waals surface area contributed by atoms with Gasteiger partial charge in [-0.25, -0.2) is 0 Å². The van der Waals surface area contributed by atoms with E-state index in [0.717, 1.165) is 17.8 Å². The van der Waals surface area contributed by atoms with Crippen LogP contribution >= 0.6 is 0 Å². The predicted molar refractivity (Wildman–Crippen MR) is 44.7 cm³/mol. The van der Waals surface area contributed by atoms with E-state index in [1.54, 1.807) is 0 Å². The molecular weight excluding hydrogens is 122 g/mol. The molecule has 0 saturated heterocycles. The van der Waals surface area contributed by atoms with Crippen molar-refractivity contribution in [2.45, 2.75) is 39.7 Å². The maximum absolute atomic E-state index is 5.91. The topological polar surface area (TPSA) is 26.0 Å². The monoisotopic (exact) mass is 141 g/mol. The second-order valence-corrected chi connectivity index (χ2v) is 4.01. The molecule has 1 aliphatic carbocycles. The second kappa shape index (κ2) is 2.91. The minimum Gasteiger partial charge on any atom is -0.327 e. The van der Waals surface area contributed by atoms with Crippen LogP contribution in [0.1, 0.15) is 33.6 Å². The smallest absolute Gasteiger partial charge is 0.00673 e. The van der Waals surface area contributed by atoms with Crippen molar-refractivity contribution in [3.8, 4) is 0 Å². The maximum atomic E-state index is 5.91. The van der Waals surface area contributed by atoms with Gasteiger partial charge in [-0.05, 0) is 30.6 Å². The zero-order chi connectivity index (χ0) is 7.72. The van der Waals surface area contributed by atoms with E-state index in [0.29, 0.717) is 6.04 Å². The molecule has 0 radical (unpaired) electrons. The van der Waals surface area contributed by atoms with E-state index >= 15 is 0 Å². The first-order chi connectivity index (χ1) is 4.63. The number of hydrogen-bond donors (Lipinski definition) is 1. The summed E-state index contributed by atoms with van der Waals surface area (Å²) in [6.07, 6.45) is 2.59. The lowest BCUT2D eigenvalue weighted by Crippen LogP contribution is -2.26. The van der Waals surface area contributed by atoms with Crippen LogP contribution < -0.4 is 5.73 Å². The van der Waals surface area contributed by atoms with Gasteiger partial charge in [0.2, 0.25) is 0 Å². The molecule has 10 heavy (non-hydrogen) atoms. The largest absolute Gasteiger partial charge is 0.327 e. The molecule has 0 amide bonds. The molecule has 0 aromatic rings. The highest BCUT2D eigenvalue weighted by Gasteiger charge is 2.31. The fourth-order valence-corrected chi connectivity index (χ4v) is 2.17. The molecule has 1 nitrogen and oxygen atoms in total. The molecule has 0 spiro atoms. The summed E-state index contributed by atoms with van der Waals surface area (Å²) in [5, 5.41) is 0. The van der Waals surface area contributed by atoms with Crippen molar-refractivity contribution in [1.82, 2.24) is 0 Å². The molecule has 0 aromatic carbocycles. The molecule has 0 bridgehead atoms. The fourth-order valence-electron chi connectivity index (χ4n) is 2.17. The third-order valence-electron chi connectivity index (χ3n) is 3.04. The van der Waals surface area contributed by atoms with Crippen molar-refractivity contribution in [2.24, 2.45) is 23.5 Å². The summed E-state index contributed by atoms with van der Waals surface area (Å²) >= 11 is 0. The summed E-state index contributed by atoms with van der Waals surface area (Å²) < 4.78 is 0. The van der Waals surface area contributed by atoms with Crippen LogP contribution in [0.5, 0.6) is 0 Å². The van der Waals surface area contributed by atoms with Crippen molar-refractivity contribution < 1.29 is 0 Å². The van der Waals surface area contributed by atoms with Crippen LogP contribution in [-0.4, -0.2) is 6.04 Å². The van der Waals surface area contributed by atoms with Crippen LogP contribution in [0.2, 0.25) is 0 Å². The van der Waals surface area contributed by atoms with Crippen LogP contribution in [0, 0.1) is 17.8 Å². The third-order valence-corrected chi connectivity index (χ3v) is 3.04. The van der Waals surface area contributed by atoms with Crippen molar-refractivity contribution in [3.63, 3.8) is 0 Å². The van der Waals surface area contributed by atoms with Crippen molar-refractivity contribution in [1.29, 1.82) is 0 Å². The third kappa shape index (κ3) is 1.34. The Kier molecular flexibility index (Phi) is 2.35. The molecule has 1 heteroatoms. The van der Waals surface area contributed by atoms with E-state index in [4.69, 9.17) is 5.73 Å². The van der Waals surface area contributed by atoms with Gasteiger partial charge in [0, 0.05) is 6.04 Å². The van der Waals surface area contributed by atoms with Crippen LogP contribution in [-0.2, 0) is 0 Å². The Morgan fingerprint density at radius 1 is 1.30 bits per heavy atom. The van der Waals surface area contributed by atoms with Crippen LogP contribution in [0.25, 0.3) is 0 Å². The molecule has 0 aromatic heterocycles. The summed E-state index contributed by atoms with van der Waals surface area (Å²) in [6, 6.07) is 0.479. The lowest BCUT2D eigenvalue weighted by molar-refractivity contribution is 0.301. The Balaban J connectivity index is 2.49. The standard InChI is InChI=1S/C9H19N/c1-6(2)8-4-5-9(10)7(8)3/h6-9H,4-5,10H2,1-3H3. The molecule has 3 atom stereocenters. The van der Waals surface area contributed by atoms with Crippen molar-refractivity contribution >= 4 is 0 Å². The number of rotatable bonds is 1. The van der Waals surface area contributed by atoms with Gasteiger partial charge >= 0.3 is 0 Å². The minimum absolute atomic E-state index is 0.479. The minimum atomic E-state index is 0.479. The van der Waals surface area contributed by atoms with E-state index in [9.17, 15) is 0 Å². The normalized spacial score (nSPS) is 41.1. The average molecular weight is 141 g/mol. The zero-order valence-corrected chi connectivity index (χ0v) is 7.30. The molecule has 0 heterocycles. The molecule has 0 aliphatic heterocycles. The van der Waals surface area contributed by atoms with Crippen molar-refractivity contribution in [2.75, 3.05) is 0 Å². The summed E-state index contributed by atoms with van der Waals surface area (Å²) in [4.78, 5) is 0. The molecule has 2 N–H and O–H groups in total. The van der Waals surface area contributed by atoms with Gasteiger partial charge in [-0.2, -0.15) is 0 Å². The SMILES string of the molecule is CC(C)C1CCC(N)C1C. The highest BCUT2D eigenvalue weighted by atomic mass is 14.7.